The van der Waals surface area contributed by atoms with Crippen LogP contribution >= 0.6 is 11.8 Å². The minimum Gasteiger partial charge on any atom is -0.362 e. The molecule has 4 unspecified atom stereocenters. The maximum atomic E-state index is 4.79. The number of aliphatic imine (C=N–C) groups is 1. The van der Waals surface area contributed by atoms with E-state index >= 15 is 0 Å². The van der Waals surface area contributed by atoms with E-state index in [1.54, 1.807) is 0 Å². The summed E-state index contributed by atoms with van der Waals surface area (Å²) in [6.45, 7) is 6.84. The number of hydrogen-bond acceptors (Lipinski definition) is 2. The molecule has 0 spiro atoms. The molecule has 1 saturated carbocycles. The van der Waals surface area contributed by atoms with Crippen LogP contribution < -0.4 is 5.32 Å². The lowest BCUT2D eigenvalue weighted by Crippen LogP contribution is -2.40. The first-order chi connectivity index (χ1) is 6.65. The van der Waals surface area contributed by atoms with Crippen molar-refractivity contribution < 1.29 is 0 Å². The van der Waals surface area contributed by atoms with Gasteiger partial charge in [0.05, 0.1) is 6.04 Å². The topological polar surface area (TPSA) is 24.4 Å². The Kier molecular flexibility index (Phi) is 3.05. The van der Waals surface area contributed by atoms with E-state index in [2.05, 4.69) is 26.1 Å². The zero-order valence-electron chi connectivity index (χ0n) is 9.29. The van der Waals surface area contributed by atoms with Gasteiger partial charge in [0, 0.05) is 11.3 Å². The summed E-state index contributed by atoms with van der Waals surface area (Å²) in [5.74, 6) is 0.803. The molecule has 2 nitrogen and oxygen atoms in total. The SMILES string of the molecule is CC1CC(C)SC(=NC2CCC2C)N1. The van der Waals surface area contributed by atoms with Crippen molar-refractivity contribution >= 4 is 16.9 Å². The molecule has 1 aliphatic carbocycles. The molecule has 0 amide bonds. The van der Waals surface area contributed by atoms with Gasteiger partial charge in [0.2, 0.25) is 0 Å². The van der Waals surface area contributed by atoms with E-state index in [4.69, 9.17) is 4.99 Å². The second-order valence-corrected chi connectivity index (χ2v) is 6.19. The quantitative estimate of drug-likeness (QED) is 0.722. The minimum absolute atomic E-state index is 0.598. The molecule has 0 aromatic heterocycles. The number of hydrogen-bond donors (Lipinski definition) is 1. The standard InChI is InChI=1S/C11H20N2S/c1-7-4-5-10(7)13-11-12-8(2)6-9(3)14-11/h7-10H,4-6H2,1-3H3,(H,12,13). The summed E-state index contributed by atoms with van der Waals surface area (Å²) in [5.41, 5.74) is 0. The van der Waals surface area contributed by atoms with Crippen LogP contribution in [0, 0.1) is 5.92 Å². The van der Waals surface area contributed by atoms with Gasteiger partial charge < -0.3 is 5.32 Å². The highest BCUT2D eigenvalue weighted by atomic mass is 32.2. The molecule has 2 fully saturated rings. The van der Waals surface area contributed by atoms with E-state index in [-0.39, 0.29) is 0 Å². The molecule has 3 heteroatoms. The average molecular weight is 212 g/mol. The Balaban J connectivity index is 1.95. The summed E-state index contributed by atoms with van der Waals surface area (Å²) in [6, 6.07) is 1.20. The van der Waals surface area contributed by atoms with Gasteiger partial charge in [0.1, 0.15) is 0 Å². The third-order valence-electron chi connectivity index (χ3n) is 3.23. The predicted octanol–water partition coefficient (Wildman–Crippen LogP) is 2.64. The van der Waals surface area contributed by atoms with Gasteiger partial charge >= 0.3 is 0 Å². The Bertz CT molecular complexity index is 227. The number of thioether (sulfide) groups is 1. The molecule has 2 rings (SSSR count). The first-order valence-electron chi connectivity index (χ1n) is 5.66. The van der Waals surface area contributed by atoms with E-state index in [9.17, 15) is 0 Å². The van der Waals surface area contributed by atoms with Crippen LogP contribution in [-0.4, -0.2) is 22.5 Å². The smallest absolute Gasteiger partial charge is 0.157 e. The lowest BCUT2D eigenvalue weighted by molar-refractivity contribution is 0.284. The van der Waals surface area contributed by atoms with Crippen molar-refractivity contribution in [2.45, 2.75) is 57.4 Å². The molecule has 0 bridgehead atoms. The van der Waals surface area contributed by atoms with Crippen molar-refractivity contribution in [3.8, 4) is 0 Å². The first-order valence-corrected chi connectivity index (χ1v) is 6.54. The van der Waals surface area contributed by atoms with Crippen molar-refractivity contribution in [1.82, 2.24) is 5.32 Å². The first kappa shape index (κ1) is 10.3. The van der Waals surface area contributed by atoms with Gasteiger partial charge in [0.25, 0.3) is 0 Å². The normalized spacial score (nSPS) is 45.8. The molecule has 80 valence electrons. The van der Waals surface area contributed by atoms with Crippen molar-refractivity contribution in [2.24, 2.45) is 10.9 Å². The highest BCUT2D eigenvalue weighted by Gasteiger charge is 2.28. The number of nitrogens with zero attached hydrogens (tertiary/aromatic N) is 1. The van der Waals surface area contributed by atoms with E-state index < -0.39 is 0 Å². The van der Waals surface area contributed by atoms with Gasteiger partial charge in [-0.05, 0) is 32.1 Å². The van der Waals surface area contributed by atoms with Gasteiger partial charge in [-0.15, -0.1) is 0 Å². The molecular weight excluding hydrogens is 192 g/mol. The molecule has 1 heterocycles. The Hall–Kier alpha value is -0.180. The molecule has 2 aliphatic rings. The molecule has 0 radical (unpaired) electrons. The van der Waals surface area contributed by atoms with E-state index in [0.29, 0.717) is 12.1 Å². The van der Waals surface area contributed by atoms with Crippen LogP contribution in [0.15, 0.2) is 4.99 Å². The Labute approximate surface area is 90.9 Å². The summed E-state index contributed by atoms with van der Waals surface area (Å²) in [6.07, 6.45) is 3.90. The van der Waals surface area contributed by atoms with E-state index in [1.807, 2.05) is 11.8 Å². The van der Waals surface area contributed by atoms with Crippen LogP contribution in [0.4, 0.5) is 0 Å². The number of nitrogens with one attached hydrogen (secondary N) is 1. The third kappa shape index (κ3) is 2.25. The van der Waals surface area contributed by atoms with Crippen molar-refractivity contribution in [2.75, 3.05) is 0 Å². The molecule has 0 aromatic carbocycles. The van der Waals surface area contributed by atoms with Gasteiger partial charge in [-0.1, -0.05) is 25.6 Å². The fourth-order valence-corrected chi connectivity index (χ4v) is 3.33. The molecule has 0 aromatic rings. The van der Waals surface area contributed by atoms with Crippen LogP contribution in [0.2, 0.25) is 0 Å². The highest BCUT2D eigenvalue weighted by molar-refractivity contribution is 8.14. The van der Waals surface area contributed by atoms with Crippen molar-refractivity contribution in [3.63, 3.8) is 0 Å². The number of amidine groups is 1. The predicted molar refractivity (Wildman–Crippen MR) is 63.9 cm³/mol. The fourth-order valence-electron chi connectivity index (χ4n) is 2.10. The lowest BCUT2D eigenvalue weighted by Gasteiger charge is -2.33. The minimum atomic E-state index is 0.598. The van der Waals surface area contributed by atoms with Crippen LogP contribution in [0.5, 0.6) is 0 Å². The van der Waals surface area contributed by atoms with E-state index in [0.717, 1.165) is 11.2 Å². The molecule has 1 saturated heterocycles. The second kappa shape index (κ2) is 4.13. The second-order valence-electron chi connectivity index (χ2n) is 4.77. The largest absolute Gasteiger partial charge is 0.362 e. The summed E-state index contributed by atoms with van der Waals surface area (Å²) in [7, 11) is 0. The Morgan fingerprint density at radius 3 is 2.57 bits per heavy atom. The fraction of sp³-hybridized carbons (Fsp3) is 0.909. The molecular formula is C11H20N2S. The van der Waals surface area contributed by atoms with Gasteiger partial charge in [-0.2, -0.15) is 0 Å². The van der Waals surface area contributed by atoms with Crippen LogP contribution in [0.25, 0.3) is 0 Å². The van der Waals surface area contributed by atoms with Gasteiger partial charge in [-0.3, -0.25) is 4.99 Å². The van der Waals surface area contributed by atoms with Crippen LogP contribution in [0.1, 0.15) is 40.0 Å². The molecule has 14 heavy (non-hydrogen) atoms. The maximum Gasteiger partial charge on any atom is 0.157 e. The molecule has 1 N–H and O–H groups in total. The summed E-state index contributed by atoms with van der Waals surface area (Å²) in [4.78, 5) is 4.79. The summed E-state index contributed by atoms with van der Waals surface area (Å²) in [5, 5.41) is 5.39. The molecule has 1 aliphatic heterocycles. The van der Waals surface area contributed by atoms with Gasteiger partial charge in [-0.25, -0.2) is 0 Å². The zero-order valence-corrected chi connectivity index (χ0v) is 10.1. The third-order valence-corrected chi connectivity index (χ3v) is 4.27. The monoisotopic (exact) mass is 212 g/mol. The van der Waals surface area contributed by atoms with E-state index in [1.165, 1.54) is 24.4 Å². The average Bonchev–Trinajstić information content (AvgIpc) is 2.10. The highest BCUT2D eigenvalue weighted by Crippen LogP contribution is 2.31. The Morgan fingerprint density at radius 1 is 1.29 bits per heavy atom. The van der Waals surface area contributed by atoms with Crippen LogP contribution in [0.3, 0.4) is 0 Å². The number of rotatable bonds is 1. The summed E-state index contributed by atoms with van der Waals surface area (Å²) >= 11 is 1.91. The van der Waals surface area contributed by atoms with Crippen molar-refractivity contribution in [1.29, 1.82) is 0 Å². The van der Waals surface area contributed by atoms with Crippen LogP contribution in [-0.2, 0) is 0 Å². The van der Waals surface area contributed by atoms with Gasteiger partial charge in [0.15, 0.2) is 5.17 Å². The van der Waals surface area contributed by atoms with Crippen molar-refractivity contribution in [3.05, 3.63) is 0 Å². The zero-order chi connectivity index (χ0) is 10.1. The maximum absolute atomic E-state index is 4.79. The lowest BCUT2D eigenvalue weighted by atomic mass is 9.82. The summed E-state index contributed by atoms with van der Waals surface area (Å²) < 4.78 is 0. The molecule has 4 atom stereocenters. The Morgan fingerprint density at radius 2 is 2.07 bits per heavy atom.